The first-order valence-electron chi connectivity index (χ1n) is 9.11. The lowest BCUT2D eigenvalue weighted by Crippen LogP contribution is -2.15. The Morgan fingerprint density at radius 1 is 1.11 bits per heavy atom. The maximum absolute atomic E-state index is 11.9. The van der Waals surface area contributed by atoms with Gasteiger partial charge in [0, 0.05) is 4.88 Å². The molecule has 1 aromatic carbocycles. The van der Waals surface area contributed by atoms with E-state index < -0.39 is 5.97 Å². The van der Waals surface area contributed by atoms with Gasteiger partial charge < -0.3 is 15.2 Å². The van der Waals surface area contributed by atoms with E-state index in [-0.39, 0.29) is 13.2 Å². The molecule has 140 valence electrons. The Kier molecular flexibility index (Phi) is 5.20. The molecule has 2 heterocycles. The Morgan fingerprint density at radius 2 is 1.93 bits per heavy atom. The number of nitrogens with zero attached hydrogens (tertiary/aromatic N) is 2. The molecule has 0 atom stereocenters. The van der Waals surface area contributed by atoms with Crippen LogP contribution in [0.1, 0.15) is 35.5 Å². The molecule has 0 spiro atoms. The van der Waals surface area contributed by atoms with Crippen molar-refractivity contribution in [1.82, 2.24) is 9.97 Å². The number of nitrogen functional groups attached to an aromatic ring is 1. The van der Waals surface area contributed by atoms with Gasteiger partial charge in [-0.15, -0.1) is 11.3 Å². The number of ether oxygens (including phenoxy) is 2. The minimum atomic E-state index is -0.469. The molecule has 0 bridgehead atoms. The van der Waals surface area contributed by atoms with E-state index in [4.69, 9.17) is 15.2 Å². The lowest BCUT2D eigenvalue weighted by molar-refractivity contribution is -0.147. The first kappa shape index (κ1) is 17.7. The fourth-order valence-electron chi connectivity index (χ4n) is 3.32. The number of thiophene rings is 1. The molecular weight excluding hydrogens is 362 g/mol. The third kappa shape index (κ3) is 4.03. The van der Waals surface area contributed by atoms with E-state index in [0.717, 1.165) is 23.1 Å². The van der Waals surface area contributed by atoms with Crippen LogP contribution in [0, 0.1) is 0 Å². The van der Waals surface area contributed by atoms with Gasteiger partial charge in [-0.2, -0.15) is 0 Å². The van der Waals surface area contributed by atoms with Crippen molar-refractivity contribution in [3.63, 3.8) is 0 Å². The minimum absolute atomic E-state index is 0.0142. The van der Waals surface area contributed by atoms with E-state index >= 15 is 0 Å². The largest absolute Gasteiger partial charge is 0.482 e. The van der Waals surface area contributed by atoms with Gasteiger partial charge in [-0.05, 0) is 43.4 Å². The van der Waals surface area contributed by atoms with Crippen molar-refractivity contribution in [2.45, 2.75) is 38.7 Å². The van der Waals surface area contributed by atoms with Gasteiger partial charge in [0.1, 0.15) is 16.4 Å². The summed E-state index contributed by atoms with van der Waals surface area (Å²) in [6, 6.07) is 9.13. The van der Waals surface area contributed by atoms with Gasteiger partial charge >= 0.3 is 5.97 Å². The normalized spacial score (nSPS) is 13.8. The molecule has 0 saturated carbocycles. The lowest BCUT2D eigenvalue weighted by Gasteiger charge is -2.07. The molecular formula is C20H21N3O3S. The summed E-state index contributed by atoms with van der Waals surface area (Å²) < 4.78 is 10.6. The third-order valence-electron chi connectivity index (χ3n) is 4.60. The molecule has 3 aromatic rings. The quantitative estimate of drug-likeness (QED) is 0.534. The monoisotopic (exact) mass is 383 g/mol. The van der Waals surface area contributed by atoms with E-state index in [9.17, 15) is 4.79 Å². The molecule has 0 saturated heterocycles. The Hall–Kier alpha value is -2.67. The number of hydrogen-bond acceptors (Lipinski definition) is 7. The van der Waals surface area contributed by atoms with Crippen LogP contribution in [0.5, 0.6) is 5.75 Å². The molecule has 0 amide bonds. The summed E-state index contributed by atoms with van der Waals surface area (Å²) in [5.41, 5.74) is 7.52. The van der Waals surface area contributed by atoms with Crippen LogP contribution in [0.3, 0.4) is 0 Å². The van der Waals surface area contributed by atoms with Crippen molar-refractivity contribution >= 4 is 33.3 Å². The van der Waals surface area contributed by atoms with Gasteiger partial charge in [-0.1, -0.05) is 24.6 Å². The summed E-state index contributed by atoms with van der Waals surface area (Å²) in [6.07, 6.45) is 5.76. The molecule has 27 heavy (non-hydrogen) atoms. The van der Waals surface area contributed by atoms with E-state index in [0.29, 0.717) is 17.4 Å². The van der Waals surface area contributed by atoms with Crippen LogP contribution in [0.2, 0.25) is 0 Å². The Morgan fingerprint density at radius 3 is 2.78 bits per heavy atom. The predicted molar refractivity (Wildman–Crippen MR) is 105 cm³/mol. The third-order valence-corrected chi connectivity index (χ3v) is 5.79. The molecule has 7 heteroatoms. The number of benzene rings is 1. The number of fused-ring (bicyclic) bond motifs is 3. The number of carbonyl (C=O) groups is 1. The average Bonchev–Trinajstić information content (AvgIpc) is 2.87. The highest BCUT2D eigenvalue weighted by Gasteiger charge is 2.19. The number of carbonyl (C=O) groups excluding carboxylic acids is 1. The highest BCUT2D eigenvalue weighted by atomic mass is 32.1. The first-order valence-corrected chi connectivity index (χ1v) is 9.92. The summed E-state index contributed by atoms with van der Waals surface area (Å²) in [5.74, 6) is 1.05. The van der Waals surface area contributed by atoms with Crippen LogP contribution in [0.15, 0.2) is 30.3 Å². The van der Waals surface area contributed by atoms with Crippen molar-refractivity contribution in [3.05, 3.63) is 46.6 Å². The fraction of sp³-hybridized carbons (Fsp3) is 0.350. The Balaban J connectivity index is 1.42. The maximum atomic E-state index is 11.9. The van der Waals surface area contributed by atoms with Gasteiger partial charge in [-0.25, -0.2) is 14.8 Å². The average molecular weight is 383 g/mol. The van der Waals surface area contributed by atoms with Crippen molar-refractivity contribution in [1.29, 1.82) is 0 Å². The van der Waals surface area contributed by atoms with E-state index in [1.54, 1.807) is 23.5 Å². The molecule has 1 aliphatic rings. The van der Waals surface area contributed by atoms with Crippen LogP contribution in [0.25, 0.3) is 10.2 Å². The number of anilines is 1. The standard InChI is InChI=1S/C20H21N3O3S/c21-19-18-14-9-5-2-6-10-15(14)27-20(18)23-16(22-19)11-26-17(24)12-25-13-7-3-1-4-8-13/h1,3-4,7-8H,2,5-6,9-12H2,(H2,21,22,23). The molecule has 0 aliphatic heterocycles. The van der Waals surface area contributed by atoms with E-state index in [2.05, 4.69) is 9.97 Å². The summed E-state index contributed by atoms with van der Waals surface area (Å²) in [4.78, 5) is 23.1. The summed E-state index contributed by atoms with van der Waals surface area (Å²) in [7, 11) is 0. The fourth-order valence-corrected chi connectivity index (χ4v) is 4.61. The van der Waals surface area contributed by atoms with Crippen LogP contribution in [-0.2, 0) is 29.0 Å². The first-order chi connectivity index (χ1) is 13.2. The molecule has 2 aromatic heterocycles. The number of aryl methyl sites for hydroxylation is 2. The number of nitrogens with two attached hydrogens (primary N) is 1. The summed E-state index contributed by atoms with van der Waals surface area (Å²) in [6.45, 7) is -0.172. The van der Waals surface area contributed by atoms with Crippen molar-refractivity contribution in [3.8, 4) is 5.75 Å². The molecule has 2 N–H and O–H groups in total. The lowest BCUT2D eigenvalue weighted by atomic mass is 10.1. The van der Waals surface area contributed by atoms with Gasteiger partial charge in [0.2, 0.25) is 0 Å². The zero-order valence-corrected chi connectivity index (χ0v) is 15.8. The van der Waals surface area contributed by atoms with Crippen LogP contribution < -0.4 is 10.5 Å². The predicted octanol–water partition coefficient (Wildman–Crippen LogP) is 3.66. The van der Waals surface area contributed by atoms with Crippen LogP contribution in [0.4, 0.5) is 5.82 Å². The van der Waals surface area contributed by atoms with Crippen molar-refractivity contribution < 1.29 is 14.3 Å². The van der Waals surface area contributed by atoms with Gasteiger partial charge in [0.05, 0.1) is 5.39 Å². The zero-order chi connectivity index (χ0) is 18.6. The Labute approximate surface area is 161 Å². The molecule has 0 radical (unpaired) electrons. The Bertz CT molecular complexity index is 956. The number of rotatable bonds is 5. The second-order valence-corrected chi connectivity index (χ2v) is 7.62. The SMILES string of the molecule is Nc1nc(COC(=O)COc2ccccc2)nc2sc3c(c12)CCCCC3. The number of esters is 1. The second-order valence-electron chi connectivity index (χ2n) is 6.53. The minimum Gasteiger partial charge on any atom is -0.482 e. The second kappa shape index (κ2) is 7.92. The zero-order valence-electron chi connectivity index (χ0n) is 14.9. The smallest absolute Gasteiger partial charge is 0.344 e. The number of aromatic nitrogens is 2. The summed E-state index contributed by atoms with van der Waals surface area (Å²) in [5, 5.41) is 0.986. The van der Waals surface area contributed by atoms with Gasteiger partial charge in [0.15, 0.2) is 19.0 Å². The van der Waals surface area contributed by atoms with Crippen molar-refractivity contribution in [2.24, 2.45) is 0 Å². The molecule has 4 rings (SSSR count). The highest BCUT2D eigenvalue weighted by molar-refractivity contribution is 7.19. The van der Waals surface area contributed by atoms with Gasteiger partial charge in [-0.3, -0.25) is 0 Å². The highest BCUT2D eigenvalue weighted by Crippen LogP contribution is 2.37. The van der Waals surface area contributed by atoms with Gasteiger partial charge in [0.25, 0.3) is 0 Å². The van der Waals surface area contributed by atoms with Crippen molar-refractivity contribution in [2.75, 3.05) is 12.3 Å². The molecule has 1 aliphatic carbocycles. The topological polar surface area (TPSA) is 87.3 Å². The van der Waals surface area contributed by atoms with Crippen LogP contribution in [-0.4, -0.2) is 22.5 Å². The number of para-hydroxylation sites is 1. The molecule has 6 nitrogen and oxygen atoms in total. The van der Waals surface area contributed by atoms with E-state index in [1.807, 2.05) is 18.2 Å². The summed E-state index contributed by atoms with van der Waals surface area (Å²) >= 11 is 1.69. The molecule has 0 unspecified atom stereocenters. The van der Waals surface area contributed by atoms with Crippen LogP contribution >= 0.6 is 11.3 Å². The van der Waals surface area contributed by atoms with E-state index in [1.165, 1.54) is 29.7 Å². The number of hydrogen-bond donors (Lipinski definition) is 1. The molecule has 0 fully saturated rings. The maximum Gasteiger partial charge on any atom is 0.344 e.